The van der Waals surface area contributed by atoms with Gasteiger partial charge in [0.2, 0.25) is 0 Å². The first-order chi connectivity index (χ1) is 10.2. The van der Waals surface area contributed by atoms with Gasteiger partial charge in [-0.1, -0.05) is 6.92 Å². The van der Waals surface area contributed by atoms with Crippen LogP contribution in [0.4, 0.5) is 0 Å². The van der Waals surface area contributed by atoms with E-state index in [-0.39, 0.29) is 5.97 Å². The standard InChI is InChI=1S/C12H14O4.C4H8O/c1-3-8-16-12(14)10-6-4-9(5-7-10)11(13)15-2;1-2-4-5-3-1/h4-7H,3,8H2,1-2H3;1-4H2. The van der Waals surface area contributed by atoms with Crippen LogP contribution in [0.2, 0.25) is 0 Å². The van der Waals surface area contributed by atoms with Crippen molar-refractivity contribution in [2.45, 2.75) is 26.2 Å². The molecule has 1 aromatic carbocycles. The molecule has 21 heavy (non-hydrogen) atoms. The lowest BCUT2D eigenvalue weighted by Gasteiger charge is -2.03. The molecular weight excluding hydrogens is 272 g/mol. The van der Waals surface area contributed by atoms with Crippen molar-refractivity contribution in [3.8, 4) is 0 Å². The van der Waals surface area contributed by atoms with Crippen molar-refractivity contribution < 1.29 is 23.8 Å². The molecule has 1 aliphatic rings. The molecule has 5 nitrogen and oxygen atoms in total. The smallest absolute Gasteiger partial charge is 0.338 e. The summed E-state index contributed by atoms with van der Waals surface area (Å²) in [5.41, 5.74) is 0.843. The molecule has 5 heteroatoms. The lowest BCUT2D eigenvalue weighted by Crippen LogP contribution is -2.07. The number of methoxy groups -OCH3 is 1. The molecule has 0 aliphatic carbocycles. The van der Waals surface area contributed by atoms with Crippen LogP contribution in [0.5, 0.6) is 0 Å². The van der Waals surface area contributed by atoms with Gasteiger partial charge in [-0.25, -0.2) is 9.59 Å². The molecule has 1 fully saturated rings. The molecule has 0 amide bonds. The first-order valence-corrected chi connectivity index (χ1v) is 7.12. The maximum Gasteiger partial charge on any atom is 0.338 e. The molecule has 0 unspecified atom stereocenters. The predicted octanol–water partition coefficient (Wildman–Crippen LogP) is 2.84. The van der Waals surface area contributed by atoms with Crippen molar-refractivity contribution in [3.05, 3.63) is 35.4 Å². The van der Waals surface area contributed by atoms with E-state index in [4.69, 9.17) is 9.47 Å². The molecule has 0 N–H and O–H groups in total. The molecule has 1 aliphatic heterocycles. The Morgan fingerprint density at radius 1 is 1.05 bits per heavy atom. The predicted molar refractivity (Wildman–Crippen MR) is 78.4 cm³/mol. The Morgan fingerprint density at radius 2 is 1.57 bits per heavy atom. The van der Waals surface area contributed by atoms with Crippen LogP contribution in [-0.2, 0) is 14.2 Å². The van der Waals surface area contributed by atoms with E-state index in [1.807, 2.05) is 6.92 Å². The fraction of sp³-hybridized carbons (Fsp3) is 0.500. The first-order valence-electron chi connectivity index (χ1n) is 7.12. The van der Waals surface area contributed by atoms with Crippen LogP contribution < -0.4 is 0 Å². The lowest BCUT2D eigenvalue weighted by atomic mass is 10.1. The topological polar surface area (TPSA) is 61.8 Å². The van der Waals surface area contributed by atoms with E-state index < -0.39 is 5.97 Å². The fourth-order valence-electron chi connectivity index (χ4n) is 1.65. The van der Waals surface area contributed by atoms with Crippen LogP contribution >= 0.6 is 0 Å². The average molecular weight is 294 g/mol. The summed E-state index contributed by atoms with van der Waals surface area (Å²) in [5, 5.41) is 0. The summed E-state index contributed by atoms with van der Waals surface area (Å²) in [7, 11) is 1.31. The Hall–Kier alpha value is -1.88. The second-order valence-corrected chi connectivity index (χ2v) is 4.52. The number of carbonyl (C=O) groups excluding carboxylic acids is 2. The number of ether oxygens (including phenoxy) is 3. The lowest BCUT2D eigenvalue weighted by molar-refractivity contribution is 0.0503. The molecule has 0 atom stereocenters. The molecule has 116 valence electrons. The minimum absolute atomic E-state index is 0.377. The highest BCUT2D eigenvalue weighted by molar-refractivity contribution is 5.93. The van der Waals surface area contributed by atoms with E-state index >= 15 is 0 Å². The third kappa shape index (κ3) is 6.40. The number of carbonyl (C=O) groups is 2. The van der Waals surface area contributed by atoms with Gasteiger partial charge in [-0.15, -0.1) is 0 Å². The zero-order chi connectivity index (χ0) is 15.5. The molecule has 1 heterocycles. The summed E-state index contributed by atoms with van der Waals surface area (Å²) in [4.78, 5) is 22.5. The third-order valence-electron chi connectivity index (χ3n) is 2.81. The van der Waals surface area contributed by atoms with E-state index in [0.717, 1.165) is 19.6 Å². The third-order valence-corrected chi connectivity index (χ3v) is 2.81. The first kappa shape index (κ1) is 17.2. The van der Waals surface area contributed by atoms with Gasteiger partial charge < -0.3 is 14.2 Å². The molecule has 0 radical (unpaired) electrons. The maximum atomic E-state index is 11.4. The molecule has 0 saturated carbocycles. The highest BCUT2D eigenvalue weighted by Crippen LogP contribution is 2.07. The number of rotatable bonds is 4. The summed E-state index contributed by atoms with van der Waals surface area (Å²) in [6, 6.07) is 6.16. The van der Waals surface area contributed by atoms with Gasteiger partial charge in [0.05, 0.1) is 24.8 Å². The highest BCUT2D eigenvalue weighted by Gasteiger charge is 2.09. The fourth-order valence-corrected chi connectivity index (χ4v) is 1.65. The van der Waals surface area contributed by atoms with Crippen molar-refractivity contribution in [1.82, 2.24) is 0 Å². The average Bonchev–Trinajstić information content (AvgIpc) is 3.11. The maximum absolute atomic E-state index is 11.4. The summed E-state index contributed by atoms with van der Waals surface area (Å²) in [5.74, 6) is -0.799. The van der Waals surface area contributed by atoms with Crippen molar-refractivity contribution in [2.24, 2.45) is 0 Å². The molecule has 0 spiro atoms. The van der Waals surface area contributed by atoms with Crippen LogP contribution in [0.1, 0.15) is 46.9 Å². The van der Waals surface area contributed by atoms with E-state index in [2.05, 4.69) is 4.74 Å². The Bertz CT molecular complexity index is 427. The van der Waals surface area contributed by atoms with E-state index in [1.165, 1.54) is 32.1 Å². The number of benzene rings is 1. The van der Waals surface area contributed by atoms with Gasteiger partial charge >= 0.3 is 11.9 Å². The Morgan fingerprint density at radius 3 is 1.95 bits per heavy atom. The molecular formula is C16H22O5. The molecule has 2 rings (SSSR count). The minimum Gasteiger partial charge on any atom is -0.465 e. The normalized spacial score (nSPS) is 13.0. The van der Waals surface area contributed by atoms with Crippen LogP contribution in [0.25, 0.3) is 0 Å². The second-order valence-electron chi connectivity index (χ2n) is 4.52. The second kappa shape index (κ2) is 9.94. The summed E-state index contributed by atoms with van der Waals surface area (Å²) in [6.45, 7) is 4.32. The van der Waals surface area contributed by atoms with Gasteiger partial charge in [0, 0.05) is 13.2 Å². The van der Waals surface area contributed by atoms with Gasteiger partial charge in [-0.3, -0.25) is 0 Å². The van der Waals surface area contributed by atoms with E-state index in [9.17, 15) is 9.59 Å². The Balaban J connectivity index is 0.000000369. The molecule has 0 bridgehead atoms. The van der Waals surface area contributed by atoms with Gasteiger partial charge in [0.1, 0.15) is 0 Å². The number of hydrogen-bond donors (Lipinski definition) is 0. The number of hydrogen-bond acceptors (Lipinski definition) is 5. The Labute approximate surface area is 125 Å². The zero-order valence-corrected chi connectivity index (χ0v) is 12.6. The van der Waals surface area contributed by atoms with Crippen molar-refractivity contribution in [3.63, 3.8) is 0 Å². The Kier molecular flexibility index (Phi) is 8.12. The van der Waals surface area contributed by atoms with Crippen LogP contribution in [0.15, 0.2) is 24.3 Å². The SMILES string of the molecule is C1CCOC1.CCCOC(=O)c1ccc(C(=O)OC)cc1. The summed E-state index contributed by atoms with van der Waals surface area (Å²) >= 11 is 0. The van der Waals surface area contributed by atoms with Crippen LogP contribution in [-0.4, -0.2) is 38.9 Å². The minimum atomic E-state index is -0.423. The van der Waals surface area contributed by atoms with Gasteiger partial charge in [-0.2, -0.15) is 0 Å². The van der Waals surface area contributed by atoms with Crippen LogP contribution in [0, 0.1) is 0 Å². The van der Waals surface area contributed by atoms with Crippen molar-refractivity contribution in [2.75, 3.05) is 26.9 Å². The van der Waals surface area contributed by atoms with Gasteiger partial charge in [0.25, 0.3) is 0 Å². The van der Waals surface area contributed by atoms with Crippen molar-refractivity contribution in [1.29, 1.82) is 0 Å². The zero-order valence-electron chi connectivity index (χ0n) is 12.6. The largest absolute Gasteiger partial charge is 0.465 e. The molecule has 1 aromatic rings. The van der Waals surface area contributed by atoms with Gasteiger partial charge in [0.15, 0.2) is 0 Å². The van der Waals surface area contributed by atoms with E-state index in [0.29, 0.717) is 17.7 Å². The van der Waals surface area contributed by atoms with Crippen LogP contribution in [0.3, 0.4) is 0 Å². The molecule has 1 saturated heterocycles. The van der Waals surface area contributed by atoms with E-state index in [1.54, 1.807) is 12.1 Å². The number of esters is 2. The highest BCUT2D eigenvalue weighted by atomic mass is 16.5. The summed E-state index contributed by atoms with van der Waals surface area (Å²) in [6.07, 6.45) is 3.34. The summed E-state index contributed by atoms with van der Waals surface area (Å²) < 4.78 is 14.4. The quantitative estimate of drug-likeness (QED) is 0.799. The molecule has 0 aromatic heterocycles. The van der Waals surface area contributed by atoms with Crippen molar-refractivity contribution >= 4 is 11.9 Å². The monoisotopic (exact) mass is 294 g/mol. The van der Waals surface area contributed by atoms with Gasteiger partial charge in [-0.05, 0) is 43.5 Å².